The lowest BCUT2D eigenvalue weighted by atomic mass is 10.0. The molecule has 0 bridgehead atoms. The molecule has 0 unspecified atom stereocenters. The van der Waals surface area contributed by atoms with E-state index in [1.165, 1.54) is 12.1 Å². The summed E-state index contributed by atoms with van der Waals surface area (Å²) in [7, 11) is 0. The number of hydrogen-bond donors (Lipinski definition) is 2. The Labute approximate surface area is 204 Å². The molecule has 1 amide bonds. The Bertz CT molecular complexity index is 1170. The van der Waals surface area contributed by atoms with E-state index in [1.807, 2.05) is 0 Å². The van der Waals surface area contributed by atoms with E-state index in [9.17, 15) is 22.4 Å². The summed E-state index contributed by atoms with van der Waals surface area (Å²) in [4.78, 5) is 21.6. The third kappa shape index (κ3) is 4.59. The standard InChI is InChI=1S/C24H26F4N4O4/c1-12(14-4-3-5-15-19(14)36-11-24(15,27)28)29-20-18(21-34-8-9-35-21)16(30-13(2)31-20)10-17(33)32-23(6-7-23)22(25)26/h3-5,12,21-22H,6-11H2,1-2H3,(H,32,33)(H,29,30,31)/t12-/m1/s1. The van der Waals surface area contributed by atoms with E-state index in [0.29, 0.717) is 36.0 Å². The van der Waals surface area contributed by atoms with Gasteiger partial charge in [-0.25, -0.2) is 18.7 Å². The third-order valence-corrected chi connectivity index (χ3v) is 6.57. The lowest BCUT2D eigenvalue weighted by molar-refractivity contribution is -0.122. The summed E-state index contributed by atoms with van der Waals surface area (Å²) in [5, 5.41) is 5.64. The SMILES string of the molecule is Cc1nc(CC(=O)NC2(C(F)F)CC2)c(C2OCCO2)c(N[C@H](C)c2cccc3c2OCC3(F)F)n1. The van der Waals surface area contributed by atoms with Gasteiger partial charge in [-0.05, 0) is 32.8 Å². The zero-order valence-electron chi connectivity index (χ0n) is 19.7. The normalized spacial score (nSPS) is 20.6. The molecule has 1 saturated carbocycles. The lowest BCUT2D eigenvalue weighted by Gasteiger charge is -2.23. The summed E-state index contributed by atoms with van der Waals surface area (Å²) in [5.74, 6) is -2.94. The molecule has 36 heavy (non-hydrogen) atoms. The van der Waals surface area contributed by atoms with Crippen LogP contribution in [0.4, 0.5) is 23.4 Å². The molecular formula is C24H26F4N4O4. The van der Waals surface area contributed by atoms with E-state index in [2.05, 4.69) is 20.6 Å². The monoisotopic (exact) mass is 510 g/mol. The summed E-state index contributed by atoms with van der Waals surface area (Å²) in [5.41, 5.74) is -0.522. The van der Waals surface area contributed by atoms with Gasteiger partial charge in [-0.1, -0.05) is 12.1 Å². The molecule has 3 heterocycles. The second-order valence-corrected chi connectivity index (χ2v) is 9.32. The van der Waals surface area contributed by atoms with Crippen molar-refractivity contribution in [3.8, 4) is 5.75 Å². The van der Waals surface area contributed by atoms with Crippen LogP contribution in [0.15, 0.2) is 18.2 Å². The highest BCUT2D eigenvalue weighted by Crippen LogP contribution is 2.45. The molecule has 2 N–H and O–H groups in total. The fourth-order valence-corrected chi connectivity index (χ4v) is 4.53. The first-order valence-electron chi connectivity index (χ1n) is 11.7. The van der Waals surface area contributed by atoms with E-state index >= 15 is 0 Å². The van der Waals surface area contributed by atoms with Crippen molar-refractivity contribution >= 4 is 11.7 Å². The molecule has 2 aromatic rings. The van der Waals surface area contributed by atoms with Crippen molar-refractivity contribution in [2.45, 2.75) is 63.3 Å². The van der Waals surface area contributed by atoms with Crippen LogP contribution in [0.5, 0.6) is 5.75 Å². The summed E-state index contributed by atoms with van der Waals surface area (Å²) in [6, 6.07) is 4.03. The van der Waals surface area contributed by atoms with Crippen LogP contribution < -0.4 is 15.4 Å². The molecule has 2 fully saturated rings. The average molecular weight is 510 g/mol. The summed E-state index contributed by atoms with van der Waals surface area (Å²) in [6.07, 6.45) is -3.39. The first kappa shape index (κ1) is 24.7. The number of alkyl halides is 4. The van der Waals surface area contributed by atoms with Crippen molar-refractivity contribution in [1.82, 2.24) is 15.3 Å². The summed E-state index contributed by atoms with van der Waals surface area (Å²) < 4.78 is 71.7. The Hall–Kier alpha value is -2.99. The number of fused-ring (bicyclic) bond motifs is 1. The van der Waals surface area contributed by atoms with Gasteiger partial charge in [0.05, 0.1) is 42.5 Å². The number of hydrogen-bond acceptors (Lipinski definition) is 7. The number of para-hydroxylation sites is 1. The molecule has 1 aromatic heterocycles. The first-order chi connectivity index (χ1) is 17.1. The van der Waals surface area contributed by atoms with Crippen molar-refractivity contribution < 1.29 is 36.6 Å². The van der Waals surface area contributed by atoms with Gasteiger partial charge in [-0.2, -0.15) is 8.78 Å². The zero-order valence-corrected chi connectivity index (χ0v) is 19.7. The van der Waals surface area contributed by atoms with Gasteiger partial charge >= 0.3 is 5.92 Å². The minimum atomic E-state index is -3.08. The van der Waals surface area contributed by atoms with Gasteiger partial charge in [0.2, 0.25) is 5.91 Å². The maximum atomic E-state index is 14.2. The van der Waals surface area contributed by atoms with E-state index in [0.717, 1.165) is 0 Å². The van der Waals surface area contributed by atoms with Crippen LogP contribution in [0, 0.1) is 6.92 Å². The average Bonchev–Trinajstić information content (AvgIpc) is 3.26. The van der Waals surface area contributed by atoms with E-state index in [-0.39, 0.29) is 36.3 Å². The van der Waals surface area contributed by atoms with Crippen LogP contribution in [0.1, 0.15) is 60.3 Å². The first-order valence-corrected chi connectivity index (χ1v) is 11.7. The van der Waals surface area contributed by atoms with Crippen LogP contribution in [0.25, 0.3) is 0 Å². The van der Waals surface area contributed by atoms with Crippen molar-refractivity contribution in [3.63, 3.8) is 0 Å². The molecule has 1 saturated heterocycles. The Morgan fingerprint density at radius 3 is 2.58 bits per heavy atom. The topological polar surface area (TPSA) is 94.6 Å². The van der Waals surface area contributed by atoms with E-state index < -0.39 is 42.7 Å². The number of halogens is 4. The second kappa shape index (κ2) is 9.15. The smallest absolute Gasteiger partial charge is 0.310 e. The Kier molecular flexibility index (Phi) is 6.27. The Morgan fingerprint density at radius 2 is 1.92 bits per heavy atom. The number of rotatable bonds is 8. The van der Waals surface area contributed by atoms with Gasteiger partial charge in [0.15, 0.2) is 12.9 Å². The van der Waals surface area contributed by atoms with Crippen LogP contribution >= 0.6 is 0 Å². The molecule has 194 valence electrons. The molecule has 5 rings (SSSR count). The minimum absolute atomic E-state index is 0.115. The molecular weight excluding hydrogens is 484 g/mol. The van der Waals surface area contributed by atoms with Crippen LogP contribution in [-0.4, -0.2) is 47.7 Å². The molecule has 1 aromatic carbocycles. The van der Waals surface area contributed by atoms with E-state index in [1.54, 1.807) is 19.9 Å². The number of amides is 1. The van der Waals surface area contributed by atoms with Crippen molar-refractivity contribution in [3.05, 3.63) is 46.4 Å². The number of anilines is 1. The maximum Gasteiger partial charge on any atom is 0.310 e. The number of benzene rings is 1. The number of carbonyl (C=O) groups is 1. The molecule has 3 aliphatic rings. The fourth-order valence-electron chi connectivity index (χ4n) is 4.53. The maximum absolute atomic E-state index is 14.2. The fraction of sp³-hybridized carbons (Fsp3) is 0.542. The van der Waals surface area contributed by atoms with Gasteiger partial charge in [0.1, 0.15) is 22.9 Å². The van der Waals surface area contributed by atoms with Gasteiger partial charge in [-0.3, -0.25) is 4.79 Å². The van der Waals surface area contributed by atoms with E-state index in [4.69, 9.17) is 14.2 Å². The molecule has 8 nitrogen and oxygen atoms in total. The minimum Gasteiger partial charge on any atom is -0.486 e. The molecule has 1 aliphatic carbocycles. The molecule has 0 spiro atoms. The highest BCUT2D eigenvalue weighted by Gasteiger charge is 2.52. The third-order valence-electron chi connectivity index (χ3n) is 6.57. The predicted molar refractivity (Wildman–Crippen MR) is 119 cm³/mol. The number of ether oxygens (including phenoxy) is 3. The highest BCUT2D eigenvalue weighted by molar-refractivity contribution is 5.80. The predicted octanol–water partition coefficient (Wildman–Crippen LogP) is 3.94. The Morgan fingerprint density at radius 1 is 1.19 bits per heavy atom. The van der Waals surface area contributed by atoms with Gasteiger partial charge in [0, 0.05) is 5.56 Å². The largest absolute Gasteiger partial charge is 0.486 e. The Balaban J connectivity index is 1.45. The number of nitrogens with zero attached hydrogens (tertiary/aromatic N) is 2. The second-order valence-electron chi connectivity index (χ2n) is 9.32. The lowest BCUT2D eigenvalue weighted by Crippen LogP contribution is -2.43. The molecule has 0 radical (unpaired) electrons. The zero-order chi connectivity index (χ0) is 25.7. The quantitative estimate of drug-likeness (QED) is 0.520. The van der Waals surface area contributed by atoms with Gasteiger partial charge in [0.25, 0.3) is 6.43 Å². The van der Waals surface area contributed by atoms with Crippen LogP contribution in [0.3, 0.4) is 0 Å². The molecule has 1 atom stereocenters. The van der Waals surface area contributed by atoms with Crippen molar-refractivity contribution in [1.29, 1.82) is 0 Å². The van der Waals surface area contributed by atoms with Crippen molar-refractivity contribution in [2.75, 3.05) is 25.1 Å². The van der Waals surface area contributed by atoms with Gasteiger partial charge < -0.3 is 24.8 Å². The number of carbonyl (C=O) groups excluding carboxylic acids is 1. The summed E-state index contributed by atoms with van der Waals surface area (Å²) in [6.45, 7) is 3.28. The van der Waals surface area contributed by atoms with Gasteiger partial charge in [-0.15, -0.1) is 0 Å². The number of aryl methyl sites for hydroxylation is 1. The highest BCUT2D eigenvalue weighted by atomic mass is 19.3. The summed E-state index contributed by atoms with van der Waals surface area (Å²) >= 11 is 0. The number of aromatic nitrogens is 2. The van der Waals surface area contributed by atoms with Crippen LogP contribution in [0.2, 0.25) is 0 Å². The van der Waals surface area contributed by atoms with Crippen molar-refractivity contribution in [2.24, 2.45) is 0 Å². The molecule has 2 aliphatic heterocycles. The molecule has 12 heteroatoms. The van der Waals surface area contributed by atoms with Crippen LogP contribution in [-0.2, 0) is 26.6 Å². The number of nitrogens with one attached hydrogen (secondary N) is 2.